The molecule has 1 atom stereocenters. The Labute approximate surface area is 140 Å². The smallest absolute Gasteiger partial charge is 0.192 e. The number of nitrogens with zero attached hydrogens (tertiary/aromatic N) is 3. The maximum atomic E-state index is 6.48. The van der Waals surface area contributed by atoms with Crippen molar-refractivity contribution < 1.29 is 0 Å². The van der Waals surface area contributed by atoms with Gasteiger partial charge in [-0.2, -0.15) is 5.01 Å². The predicted octanol–water partition coefficient (Wildman–Crippen LogP) is 4.07. The zero-order chi connectivity index (χ0) is 15.1. The van der Waals surface area contributed by atoms with Gasteiger partial charge in [-0.25, -0.2) is 0 Å². The van der Waals surface area contributed by atoms with Crippen molar-refractivity contribution in [1.29, 1.82) is 0 Å². The molecule has 0 N–H and O–H groups in total. The lowest BCUT2D eigenvalue weighted by atomic mass is 10.1. The minimum atomic E-state index is 0.0334. The van der Waals surface area contributed by atoms with E-state index in [0.29, 0.717) is 0 Å². The molecule has 0 amide bonds. The molecule has 0 bridgehead atoms. The van der Waals surface area contributed by atoms with E-state index in [9.17, 15) is 0 Å². The average Bonchev–Trinajstić information content (AvgIpc) is 3.11. The third-order valence-electron chi connectivity index (χ3n) is 4.24. The maximum absolute atomic E-state index is 6.48. The van der Waals surface area contributed by atoms with E-state index >= 15 is 0 Å². The topological polar surface area (TPSA) is 9.72 Å². The zero-order valence-electron chi connectivity index (χ0n) is 12.0. The third-order valence-corrected chi connectivity index (χ3v) is 4.99. The van der Waals surface area contributed by atoms with Gasteiger partial charge < -0.3 is 0 Å². The number of hydrogen-bond donors (Lipinski definition) is 0. The quantitative estimate of drug-likeness (QED) is 0.768. The first-order valence-electron chi connectivity index (χ1n) is 7.44. The highest BCUT2D eigenvalue weighted by Gasteiger charge is 2.45. The molecule has 2 heterocycles. The molecule has 2 aliphatic heterocycles. The number of para-hydroxylation sites is 1. The zero-order valence-corrected chi connectivity index (χ0v) is 13.6. The molecule has 2 aromatic carbocycles. The van der Waals surface area contributed by atoms with Gasteiger partial charge >= 0.3 is 0 Å². The SMILES string of the molecule is S=C1N(c2ccccc2)[C@@H](c2ccccc2Cl)N2CCCN12. The van der Waals surface area contributed by atoms with Crippen LogP contribution in [-0.4, -0.2) is 28.2 Å². The number of halogens is 1. The number of fused-ring (bicyclic) bond motifs is 1. The Balaban J connectivity index is 1.84. The third kappa shape index (κ3) is 2.10. The van der Waals surface area contributed by atoms with Crippen LogP contribution in [0.2, 0.25) is 5.02 Å². The molecule has 5 heteroatoms. The number of hydrogen-bond acceptors (Lipinski definition) is 2. The molecular formula is C17H16ClN3S. The highest BCUT2D eigenvalue weighted by atomic mass is 35.5. The van der Waals surface area contributed by atoms with Gasteiger partial charge in [0.25, 0.3) is 0 Å². The molecule has 112 valence electrons. The van der Waals surface area contributed by atoms with Crippen molar-refractivity contribution >= 4 is 34.6 Å². The van der Waals surface area contributed by atoms with Gasteiger partial charge in [0.2, 0.25) is 0 Å². The van der Waals surface area contributed by atoms with Gasteiger partial charge in [-0.3, -0.25) is 9.91 Å². The number of thiocarbonyl (C=S) groups is 1. The van der Waals surface area contributed by atoms with Crippen LogP contribution in [0.5, 0.6) is 0 Å². The molecule has 0 unspecified atom stereocenters. The van der Waals surface area contributed by atoms with E-state index < -0.39 is 0 Å². The molecule has 0 saturated carbocycles. The summed E-state index contributed by atoms with van der Waals surface area (Å²) < 4.78 is 0. The summed E-state index contributed by atoms with van der Waals surface area (Å²) in [5, 5.41) is 6.17. The Morgan fingerprint density at radius 2 is 1.68 bits per heavy atom. The lowest BCUT2D eigenvalue weighted by molar-refractivity contribution is 0.0923. The molecule has 3 nitrogen and oxygen atoms in total. The van der Waals surface area contributed by atoms with E-state index in [4.69, 9.17) is 23.8 Å². The minimum Gasteiger partial charge on any atom is -0.296 e. The molecule has 2 saturated heterocycles. The fraction of sp³-hybridized carbons (Fsp3) is 0.235. The van der Waals surface area contributed by atoms with Gasteiger partial charge in [-0.15, -0.1) is 0 Å². The first-order chi connectivity index (χ1) is 10.8. The molecule has 0 aliphatic carbocycles. The van der Waals surface area contributed by atoms with Gasteiger partial charge in [0.05, 0.1) is 0 Å². The van der Waals surface area contributed by atoms with Crippen LogP contribution in [-0.2, 0) is 0 Å². The maximum Gasteiger partial charge on any atom is 0.192 e. The number of benzene rings is 2. The molecule has 0 aromatic heterocycles. The summed E-state index contributed by atoms with van der Waals surface area (Å²) in [6, 6.07) is 18.3. The monoisotopic (exact) mass is 329 g/mol. The summed E-state index contributed by atoms with van der Waals surface area (Å²) in [6.07, 6.45) is 1.16. The molecule has 2 aromatic rings. The van der Waals surface area contributed by atoms with E-state index in [1.54, 1.807) is 0 Å². The molecule has 22 heavy (non-hydrogen) atoms. The standard InChI is InChI=1S/C17H16ClN3S/c18-15-10-5-4-9-14(15)16-19-11-6-12-20(19)17(22)21(16)13-7-2-1-3-8-13/h1-5,7-10,16H,6,11-12H2/t16-/m0/s1. The largest absolute Gasteiger partial charge is 0.296 e. The highest BCUT2D eigenvalue weighted by molar-refractivity contribution is 7.80. The summed E-state index contributed by atoms with van der Waals surface area (Å²) in [6.45, 7) is 1.97. The Kier molecular flexibility index (Phi) is 3.53. The molecule has 0 spiro atoms. The van der Waals surface area contributed by atoms with Crippen LogP contribution in [0.3, 0.4) is 0 Å². The first-order valence-corrected chi connectivity index (χ1v) is 8.23. The van der Waals surface area contributed by atoms with Crippen molar-refractivity contribution in [3.05, 3.63) is 65.2 Å². The van der Waals surface area contributed by atoms with Crippen molar-refractivity contribution in [2.24, 2.45) is 0 Å². The van der Waals surface area contributed by atoms with Crippen molar-refractivity contribution in [3.8, 4) is 0 Å². The summed E-state index contributed by atoms with van der Waals surface area (Å²) in [5.74, 6) is 0. The summed E-state index contributed by atoms with van der Waals surface area (Å²) in [5.41, 5.74) is 2.20. The minimum absolute atomic E-state index is 0.0334. The second kappa shape index (κ2) is 5.54. The van der Waals surface area contributed by atoms with Gasteiger partial charge in [0.1, 0.15) is 6.17 Å². The second-order valence-electron chi connectivity index (χ2n) is 5.52. The molecule has 0 radical (unpaired) electrons. The summed E-state index contributed by atoms with van der Waals surface area (Å²) in [4.78, 5) is 2.20. The lowest BCUT2D eigenvalue weighted by Gasteiger charge is -2.29. The predicted molar refractivity (Wildman–Crippen MR) is 93.7 cm³/mol. The summed E-state index contributed by atoms with van der Waals surface area (Å²) in [7, 11) is 0. The van der Waals surface area contributed by atoms with E-state index in [1.165, 1.54) is 0 Å². The highest BCUT2D eigenvalue weighted by Crippen LogP contribution is 2.42. The van der Waals surface area contributed by atoms with Crippen LogP contribution in [0.15, 0.2) is 54.6 Å². The number of hydrazine groups is 1. The van der Waals surface area contributed by atoms with Gasteiger partial charge in [0, 0.05) is 29.4 Å². The molecule has 2 aliphatic rings. The van der Waals surface area contributed by atoms with Crippen LogP contribution < -0.4 is 4.90 Å². The van der Waals surface area contributed by atoms with Crippen molar-refractivity contribution in [2.45, 2.75) is 12.6 Å². The second-order valence-corrected chi connectivity index (χ2v) is 6.30. The molecule has 4 rings (SSSR count). The average molecular weight is 330 g/mol. The van der Waals surface area contributed by atoms with E-state index in [0.717, 1.165) is 40.9 Å². The van der Waals surface area contributed by atoms with Crippen molar-refractivity contribution in [3.63, 3.8) is 0 Å². The first kappa shape index (κ1) is 14.0. The van der Waals surface area contributed by atoms with Gasteiger partial charge in [0.15, 0.2) is 5.11 Å². The van der Waals surface area contributed by atoms with E-state index in [1.807, 2.05) is 36.4 Å². The Hall–Kier alpha value is -1.62. The fourth-order valence-corrected chi connectivity index (χ4v) is 3.91. The van der Waals surface area contributed by atoms with Crippen molar-refractivity contribution in [1.82, 2.24) is 10.0 Å². The Morgan fingerprint density at radius 3 is 2.45 bits per heavy atom. The number of anilines is 1. The lowest BCUT2D eigenvalue weighted by Crippen LogP contribution is -2.32. The van der Waals surface area contributed by atoms with E-state index in [2.05, 4.69) is 33.1 Å². The fourth-order valence-electron chi connectivity index (χ4n) is 3.28. The van der Waals surface area contributed by atoms with Crippen LogP contribution in [0.1, 0.15) is 18.2 Å². The number of rotatable bonds is 2. The normalized spacial score (nSPS) is 21.5. The molecule has 2 fully saturated rings. The van der Waals surface area contributed by atoms with Crippen LogP contribution in [0.4, 0.5) is 5.69 Å². The van der Waals surface area contributed by atoms with Crippen LogP contribution in [0.25, 0.3) is 0 Å². The van der Waals surface area contributed by atoms with E-state index in [-0.39, 0.29) is 6.17 Å². The van der Waals surface area contributed by atoms with Gasteiger partial charge in [-0.1, -0.05) is 48.0 Å². The Morgan fingerprint density at radius 1 is 0.955 bits per heavy atom. The van der Waals surface area contributed by atoms with Crippen LogP contribution >= 0.6 is 23.8 Å². The van der Waals surface area contributed by atoms with Gasteiger partial charge in [-0.05, 0) is 36.8 Å². The molecular weight excluding hydrogens is 314 g/mol. The van der Waals surface area contributed by atoms with Crippen LogP contribution in [0, 0.1) is 0 Å². The summed E-state index contributed by atoms with van der Waals surface area (Å²) >= 11 is 12.2. The van der Waals surface area contributed by atoms with Crippen molar-refractivity contribution in [2.75, 3.05) is 18.0 Å². The Bertz CT molecular complexity index is 706.